The third-order valence-electron chi connectivity index (χ3n) is 4.22. The fourth-order valence-corrected chi connectivity index (χ4v) is 2.94. The van der Waals surface area contributed by atoms with Crippen molar-refractivity contribution < 1.29 is 4.79 Å². The Balaban J connectivity index is 2.04. The molecule has 0 spiro atoms. The number of hydrogen-bond acceptors (Lipinski definition) is 2. The predicted octanol–water partition coefficient (Wildman–Crippen LogP) is 1.35. The molecule has 2 aliphatic rings. The van der Waals surface area contributed by atoms with E-state index in [2.05, 4.69) is 17.6 Å². The molecule has 20 heavy (non-hydrogen) atoms. The summed E-state index contributed by atoms with van der Waals surface area (Å²) in [5.74, 6) is 1.11. The largest absolute Gasteiger partial charge is 0.357 e. The normalized spacial score (nSPS) is 21.6. The maximum atomic E-state index is 12.5. The van der Waals surface area contributed by atoms with Crippen molar-refractivity contribution in [1.82, 2.24) is 15.5 Å². The van der Waals surface area contributed by atoms with E-state index in [1.165, 1.54) is 12.8 Å². The van der Waals surface area contributed by atoms with Gasteiger partial charge in [-0.25, -0.2) is 0 Å². The van der Waals surface area contributed by atoms with Crippen LogP contribution in [0.5, 0.6) is 0 Å². The molecule has 0 saturated heterocycles. The van der Waals surface area contributed by atoms with Crippen LogP contribution in [0.1, 0.15) is 45.4 Å². The fourth-order valence-electron chi connectivity index (χ4n) is 2.94. The van der Waals surface area contributed by atoms with Gasteiger partial charge in [0, 0.05) is 26.7 Å². The highest BCUT2D eigenvalue weighted by Gasteiger charge is 2.42. The second kappa shape index (κ2) is 6.46. The summed E-state index contributed by atoms with van der Waals surface area (Å²) in [7, 11) is 3.69. The van der Waals surface area contributed by atoms with E-state index in [-0.39, 0.29) is 11.3 Å². The molecule has 0 atom stereocenters. The Labute approximate surface area is 122 Å². The molecule has 0 heterocycles. The van der Waals surface area contributed by atoms with Gasteiger partial charge in [-0.15, -0.1) is 0 Å². The first-order chi connectivity index (χ1) is 9.57. The van der Waals surface area contributed by atoms with E-state index in [1.54, 1.807) is 4.90 Å². The van der Waals surface area contributed by atoms with Crippen LogP contribution in [0.4, 0.5) is 0 Å². The summed E-state index contributed by atoms with van der Waals surface area (Å²) in [6.45, 7) is 3.53. The van der Waals surface area contributed by atoms with Crippen LogP contribution in [-0.2, 0) is 4.79 Å². The summed E-state index contributed by atoms with van der Waals surface area (Å²) in [4.78, 5) is 18.9. The lowest BCUT2D eigenvalue weighted by Gasteiger charge is -2.29. The lowest BCUT2D eigenvalue weighted by molar-refractivity contribution is -0.138. The van der Waals surface area contributed by atoms with Gasteiger partial charge in [-0.1, -0.05) is 12.8 Å². The van der Waals surface area contributed by atoms with Gasteiger partial charge in [-0.2, -0.15) is 0 Å². The number of guanidine groups is 1. The molecule has 0 aromatic carbocycles. The number of amides is 1. The Bertz CT molecular complexity index is 368. The van der Waals surface area contributed by atoms with Crippen molar-refractivity contribution in [3.63, 3.8) is 0 Å². The molecule has 0 aromatic rings. The number of hydrogen-bond donors (Lipinski definition) is 2. The average molecular weight is 280 g/mol. The molecule has 0 aromatic heterocycles. The molecular weight excluding hydrogens is 252 g/mol. The smallest absolute Gasteiger partial charge is 0.230 e. The minimum absolute atomic E-state index is 0.237. The van der Waals surface area contributed by atoms with Gasteiger partial charge in [0.15, 0.2) is 5.96 Å². The Morgan fingerprint density at radius 2 is 1.95 bits per heavy atom. The quantitative estimate of drug-likeness (QED) is 0.590. The summed E-state index contributed by atoms with van der Waals surface area (Å²) < 4.78 is 0. The number of carbonyl (C=O) groups excluding carboxylic acids is 1. The van der Waals surface area contributed by atoms with Crippen LogP contribution in [-0.4, -0.2) is 50.0 Å². The Morgan fingerprint density at radius 1 is 1.30 bits per heavy atom. The molecule has 5 nitrogen and oxygen atoms in total. The molecule has 1 amide bonds. The summed E-state index contributed by atoms with van der Waals surface area (Å²) in [6, 6.07) is 0.580. The van der Waals surface area contributed by atoms with E-state index in [9.17, 15) is 4.79 Å². The maximum absolute atomic E-state index is 12.5. The second-order valence-corrected chi connectivity index (χ2v) is 6.30. The maximum Gasteiger partial charge on any atom is 0.230 e. The Hall–Kier alpha value is -1.26. The third kappa shape index (κ3) is 3.64. The summed E-state index contributed by atoms with van der Waals surface area (Å²) >= 11 is 0. The monoisotopic (exact) mass is 280 g/mol. The molecule has 2 rings (SSSR count). The SMILES string of the molecule is CCNC(=NCC1(C(=O)N(C)C)CCCC1)NC1CC1. The van der Waals surface area contributed by atoms with Crippen LogP contribution < -0.4 is 10.6 Å². The standard InChI is InChI=1S/C15H28N4O/c1-4-16-14(18-12-7-8-12)17-11-15(9-5-6-10-15)13(20)19(2)3/h12H,4-11H2,1-3H3,(H2,16,17,18). The van der Waals surface area contributed by atoms with Gasteiger partial charge in [0.25, 0.3) is 0 Å². The summed E-state index contributed by atoms with van der Waals surface area (Å²) in [5, 5.41) is 6.69. The van der Waals surface area contributed by atoms with E-state index in [1.807, 2.05) is 14.1 Å². The van der Waals surface area contributed by atoms with Crippen LogP contribution in [0.3, 0.4) is 0 Å². The molecule has 2 fully saturated rings. The van der Waals surface area contributed by atoms with Crippen molar-refractivity contribution in [2.24, 2.45) is 10.4 Å². The van der Waals surface area contributed by atoms with Crippen molar-refractivity contribution in [3.05, 3.63) is 0 Å². The van der Waals surface area contributed by atoms with Crippen LogP contribution in [0, 0.1) is 5.41 Å². The van der Waals surface area contributed by atoms with Crippen LogP contribution in [0.2, 0.25) is 0 Å². The zero-order valence-electron chi connectivity index (χ0n) is 13.0. The molecule has 0 aliphatic heterocycles. The number of carbonyl (C=O) groups is 1. The van der Waals surface area contributed by atoms with E-state index in [0.717, 1.165) is 38.2 Å². The van der Waals surface area contributed by atoms with Gasteiger partial charge < -0.3 is 15.5 Å². The van der Waals surface area contributed by atoms with Crippen molar-refractivity contribution in [3.8, 4) is 0 Å². The van der Waals surface area contributed by atoms with E-state index >= 15 is 0 Å². The van der Waals surface area contributed by atoms with Gasteiger partial charge in [0.05, 0.1) is 12.0 Å². The number of rotatable bonds is 5. The first kappa shape index (κ1) is 15.1. The summed E-state index contributed by atoms with van der Waals surface area (Å²) in [5.41, 5.74) is -0.268. The van der Waals surface area contributed by atoms with Crippen molar-refractivity contribution in [2.75, 3.05) is 27.2 Å². The van der Waals surface area contributed by atoms with Crippen LogP contribution in [0.15, 0.2) is 4.99 Å². The summed E-state index contributed by atoms with van der Waals surface area (Å²) in [6.07, 6.45) is 6.68. The molecule has 5 heteroatoms. The minimum atomic E-state index is -0.268. The second-order valence-electron chi connectivity index (χ2n) is 6.30. The minimum Gasteiger partial charge on any atom is -0.357 e. The molecular formula is C15H28N4O. The Morgan fingerprint density at radius 3 is 2.45 bits per heavy atom. The number of nitrogens with one attached hydrogen (secondary N) is 2. The molecule has 114 valence electrons. The third-order valence-corrected chi connectivity index (χ3v) is 4.22. The highest BCUT2D eigenvalue weighted by atomic mass is 16.2. The predicted molar refractivity (Wildman–Crippen MR) is 81.7 cm³/mol. The van der Waals surface area contributed by atoms with E-state index in [4.69, 9.17) is 4.99 Å². The first-order valence-electron chi connectivity index (χ1n) is 7.84. The van der Waals surface area contributed by atoms with E-state index < -0.39 is 0 Å². The topological polar surface area (TPSA) is 56.7 Å². The van der Waals surface area contributed by atoms with Gasteiger partial charge in [0.1, 0.15) is 0 Å². The highest BCUT2D eigenvalue weighted by Crippen LogP contribution is 2.39. The van der Waals surface area contributed by atoms with Crippen LogP contribution >= 0.6 is 0 Å². The van der Waals surface area contributed by atoms with Gasteiger partial charge in [-0.05, 0) is 32.6 Å². The molecule has 2 aliphatic carbocycles. The lowest BCUT2D eigenvalue weighted by Crippen LogP contribution is -2.43. The lowest BCUT2D eigenvalue weighted by atomic mass is 9.85. The van der Waals surface area contributed by atoms with Gasteiger partial charge >= 0.3 is 0 Å². The molecule has 0 unspecified atom stereocenters. The molecule has 0 radical (unpaired) electrons. The first-order valence-corrected chi connectivity index (χ1v) is 7.84. The average Bonchev–Trinajstić information content (AvgIpc) is 3.11. The van der Waals surface area contributed by atoms with Crippen molar-refractivity contribution >= 4 is 11.9 Å². The zero-order chi connectivity index (χ0) is 14.6. The number of aliphatic imine (C=N–C) groups is 1. The van der Waals surface area contributed by atoms with Crippen molar-refractivity contribution in [2.45, 2.75) is 51.5 Å². The molecule has 2 saturated carbocycles. The Kier molecular flexibility index (Phi) is 4.89. The number of nitrogens with zero attached hydrogens (tertiary/aromatic N) is 2. The molecule has 2 N–H and O–H groups in total. The van der Waals surface area contributed by atoms with Crippen LogP contribution in [0.25, 0.3) is 0 Å². The van der Waals surface area contributed by atoms with Gasteiger partial charge in [-0.3, -0.25) is 9.79 Å². The highest BCUT2D eigenvalue weighted by molar-refractivity contribution is 5.84. The fraction of sp³-hybridized carbons (Fsp3) is 0.867. The van der Waals surface area contributed by atoms with Crippen molar-refractivity contribution in [1.29, 1.82) is 0 Å². The van der Waals surface area contributed by atoms with E-state index in [0.29, 0.717) is 12.6 Å². The molecule has 0 bridgehead atoms. The van der Waals surface area contributed by atoms with Gasteiger partial charge in [0.2, 0.25) is 5.91 Å². The zero-order valence-corrected chi connectivity index (χ0v) is 13.0.